The molecule has 34 heavy (non-hydrogen) atoms. The minimum atomic E-state index is -3.94. The molecule has 0 bridgehead atoms. The lowest BCUT2D eigenvalue weighted by atomic mass is 10.2. The summed E-state index contributed by atoms with van der Waals surface area (Å²) in [6.45, 7) is 0.267. The van der Waals surface area contributed by atoms with Crippen molar-refractivity contribution in [2.24, 2.45) is 0 Å². The van der Waals surface area contributed by atoms with Gasteiger partial charge in [0.25, 0.3) is 11.6 Å². The summed E-state index contributed by atoms with van der Waals surface area (Å²) in [5, 5.41) is 18.2. The topological polar surface area (TPSA) is 155 Å². The molecule has 1 aliphatic rings. The van der Waals surface area contributed by atoms with Crippen molar-refractivity contribution in [3.05, 3.63) is 69.9 Å². The molecule has 1 aromatic heterocycles. The van der Waals surface area contributed by atoms with Crippen LogP contribution in [0.15, 0.2) is 51.8 Å². The van der Waals surface area contributed by atoms with Gasteiger partial charge in [0.15, 0.2) is 6.61 Å². The Kier molecular flexibility index (Phi) is 6.63. The van der Waals surface area contributed by atoms with Crippen LogP contribution in [0.5, 0.6) is 0 Å². The van der Waals surface area contributed by atoms with Crippen molar-refractivity contribution in [2.75, 3.05) is 26.3 Å². The molecule has 1 aliphatic heterocycles. The summed E-state index contributed by atoms with van der Waals surface area (Å²) in [5.41, 5.74) is -0.274. The molecular weight excluding hydrogens is 475 g/mol. The second kappa shape index (κ2) is 9.62. The average molecular weight is 492 g/mol. The quantitative estimate of drug-likeness (QED) is 0.272. The fourth-order valence-corrected chi connectivity index (χ4v) is 4.55. The Bertz CT molecular complexity index is 1320. The Morgan fingerprint density at radius 3 is 2.53 bits per heavy atom. The van der Waals surface area contributed by atoms with Crippen molar-refractivity contribution in [1.29, 1.82) is 0 Å². The fraction of sp³-hybridized carbons (Fsp3) is 0.250. The van der Waals surface area contributed by atoms with Crippen molar-refractivity contribution in [3.8, 4) is 11.5 Å². The highest BCUT2D eigenvalue weighted by molar-refractivity contribution is 7.89. The number of hydrogen-bond acceptors (Lipinski definition) is 10. The highest BCUT2D eigenvalue weighted by atomic mass is 32.2. The number of hydrogen-bond donors (Lipinski definition) is 0. The number of ether oxygens (including phenoxy) is 2. The van der Waals surface area contributed by atoms with Crippen LogP contribution in [-0.4, -0.2) is 60.1 Å². The smallest absolute Gasteiger partial charge is 0.341 e. The molecule has 2 aromatic carbocycles. The molecule has 0 atom stereocenters. The Morgan fingerprint density at radius 2 is 1.85 bits per heavy atom. The summed E-state index contributed by atoms with van der Waals surface area (Å²) in [6, 6.07) is 8.22. The van der Waals surface area contributed by atoms with E-state index in [1.165, 1.54) is 28.6 Å². The average Bonchev–Trinajstić information content (AvgIpc) is 3.32. The molecule has 3 aromatic rings. The van der Waals surface area contributed by atoms with Crippen molar-refractivity contribution in [2.45, 2.75) is 11.5 Å². The third-order valence-corrected chi connectivity index (χ3v) is 6.78. The number of carbonyl (C=O) groups excluding carboxylic acids is 1. The van der Waals surface area contributed by atoms with Crippen LogP contribution in [0.25, 0.3) is 11.5 Å². The number of benzene rings is 2. The highest BCUT2D eigenvalue weighted by Crippen LogP contribution is 2.23. The molecule has 0 unspecified atom stereocenters. The number of rotatable bonds is 7. The van der Waals surface area contributed by atoms with Crippen LogP contribution in [0.3, 0.4) is 0 Å². The van der Waals surface area contributed by atoms with Gasteiger partial charge in [-0.1, -0.05) is 0 Å². The van der Waals surface area contributed by atoms with Crippen LogP contribution in [0.2, 0.25) is 0 Å². The number of non-ortho nitro benzene ring substituents is 1. The van der Waals surface area contributed by atoms with Gasteiger partial charge >= 0.3 is 5.97 Å². The van der Waals surface area contributed by atoms with Gasteiger partial charge in [-0.25, -0.2) is 17.6 Å². The standard InChI is InChI=1S/C20H17FN4O8S/c21-17-6-5-15(34(29,30)24-7-9-31-10-8-24)11-16(17)20(26)32-12-18-22-23-19(33-18)13-1-3-14(4-2-13)25(27)28/h1-6,11H,7-10,12H2. The molecule has 12 nitrogen and oxygen atoms in total. The van der Waals surface area contributed by atoms with Gasteiger partial charge in [-0.2, -0.15) is 4.31 Å². The largest absolute Gasteiger partial charge is 0.452 e. The zero-order valence-electron chi connectivity index (χ0n) is 17.4. The first-order valence-electron chi connectivity index (χ1n) is 9.87. The first kappa shape index (κ1) is 23.4. The van der Waals surface area contributed by atoms with E-state index in [2.05, 4.69) is 10.2 Å². The van der Waals surface area contributed by atoms with Crippen molar-refractivity contribution < 1.29 is 36.4 Å². The highest BCUT2D eigenvalue weighted by Gasteiger charge is 2.28. The van der Waals surface area contributed by atoms with Gasteiger partial charge in [-0.15, -0.1) is 10.2 Å². The summed E-state index contributed by atoms with van der Waals surface area (Å²) in [5.74, 6) is -2.15. The van der Waals surface area contributed by atoms with Crippen LogP contribution < -0.4 is 0 Å². The van der Waals surface area contributed by atoms with E-state index in [9.17, 15) is 27.7 Å². The predicted octanol–water partition coefficient (Wildman–Crippen LogP) is 2.16. The maximum Gasteiger partial charge on any atom is 0.341 e. The monoisotopic (exact) mass is 492 g/mol. The normalized spacial score (nSPS) is 14.6. The number of esters is 1. The first-order chi connectivity index (χ1) is 16.3. The second-order valence-corrected chi connectivity index (χ2v) is 8.98. The third kappa shape index (κ3) is 4.93. The number of sulfonamides is 1. The number of nitro benzene ring substituents is 1. The molecule has 0 spiro atoms. The zero-order chi connectivity index (χ0) is 24.3. The van der Waals surface area contributed by atoms with Crippen molar-refractivity contribution in [3.63, 3.8) is 0 Å². The predicted molar refractivity (Wildman–Crippen MR) is 111 cm³/mol. The summed E-state index contributed by atoms with van der Waals surface area (Å²) in [6.07, 6.45) is 0. The summed E-state index contributed by atoms with van der Waals surface area (Å²) >= 11 is 0. The van der Waals surface area contributed by atoms with E-state index in [1.54, 1.807) is 0 Å². The third-order valence-electron chi connectivity index (χ3n) is 4.88. The van der Waals surface area contributed by atoms with E-state index in [0.717, 1.165) is 18.2 Å². The molecule has 2 heterocycles. The Morgan fingerprint density at radius 1 is 1.15 bits per heavy atom. The molecule has 0 N–H and O–H groups in total. The molecule has 0 radical (unpaired) electrons. The van der Waals surface area contributed by atoms with Crippen LogP contribution in [-0.2, 0) is 26.1 Å². The molecule has 0 aliphatic carbocycles. The number of aromatic nitrogens is 2. The number of carbonyl (C=O) groups is 1. The second-order valence-electron chi connectivity index (χ2n) is 7.04. The molecule has 0 amide bonds. The molecular formula is C20H17FN4O8S. The Balaban J connectivity index is 1.45. The maximum absolute atomic E-state index is 14.3. The molecule has 178 valence electrons. The van der Waals surface area contributed by atoms with E-state index < -0.39 is 38.9 Å². The minimum absolute atomic E-state index is 0.0331. The van der Waals surface area contributed by atoms with Crippen molar-refractivity contribution >= 4 is 21.7 Å². The van der Waals surface area contributed by atoms with Gasteiger partial charge < -0.3 is 13.9 Å². The lowest BCUT2D eigenvalue weighted by Crippen LogP contribution is -2.40. The van der Waals surface area contributed by atoms with Gasteiger partial charge in [0.1, 0.15) is 5.82 Å². The fourth-order valence-electron chi connectivity index (χ4n) is 3.12. The summed E-state index contributed by atoms with van der Waals surface area (Å²) < 4.78 is 56.5. The first-order valence-corrected chi connectivity index (χ1v) is 11.3. The van der Waals surface area contributed by atoms with Gasteiger partial charge in [0, 0.05) is 30.8 Å². The van der Waals surface area contributed by atoms with E-state index in [-0.39, 0.29) is 48.7 Å². The maximum atomic E-state index is 14.3. The number of halogens is 1. The molecule has 4 rings (SSSR count). The molecule has 14 heteroatoms. The van der Waals surface area contributed by atoms with Crippen LogP contribution in [0.4, 0.5) is 10.1 Å². The lowest BCUT2D eigenvalue weighted by molar-refractivity contribution is -0.384. The summed E-state index contributed by atoms with van der Waals surface area (Å²) in [4.78, 5) is 22.4. The molecule has 0 saturated carbocycles. The zero-order valence-corrected chi connectivity index (χ0v) is 18.2. The van der Waals surface area contributed by atoms with Crippen LogP contribution in [0, 0.1) is 15.9 Å². The van der Waals surface area contributed by atoms with Gasteiger partial charge in [-0.3, -0.25) is 10.1 Å². The minimum Gasteiger partial charge on any atom is -0.452 e. The van der Waals surface area contributed by atoms with Gasteiger partial charge in [0.05, 0.1) is 28.6 Å². The van der Waals surface area contributed by atoms with E-state index in [4.69, 9.17) is 13.9 Å². The van der Waals surface area contributed by atoms with Crippen LogP contribution in [0.1, 0.15) is 16.2 Å². The Labute approximate surface area is 192 Å². The SMILES string of the molecule is O=C(OCc1nnc(-c2ccc([N+](=O)[O-])cc2)o1)c1cc(S(=O)(=O)N2CCOCC2)ccc1F. The van der Waals surface area contributed by atoms with Crippen LogP contribution >= 0.6 is 0 Å². The number of morpholine rings is 1. The lowest BCUT2D eigenvalue weighted by Gasteiger charge is -2.26. The molecule has 1 fully saturated rings. The molecule has 1 saturated heterocycles. The number of nitro groups is 1. The van der Waals surface area contributed by atoms with E-state index in [1.807, 2.05) is 0 Å². The van der Waals surface area contributed by atoms with Gasteiger partial charge in [-0.05, 0) is 30.3 Å². The summed E-state index contributed by atoms with van der Waals surface area (Å²) in [7, 11) is -3.94. The van der Waals surface area contributed by atoms with Gasteiger partial charge in [0.2, 0.25) is 15.9 Å². The Hall–Kier alpha value is -3.75. The van der Waals surface area contributed by atoms with E-state index >= 15 is 0 Å². The van der Waals surface area contributed by atoms with Crippen molar-refractivity contribution in [1.82, 2.24) is 14.5 Å². The number of nitrogens with zero attached hydrogens (tertiary/aromatic N) is 4. The van der Waals surface area contributed by atoms with E-state index in [0.29, 0.717) is 5.56 Å².